The number of hydrogen-bond acceptors (Lipinski definition) is 5. The number of para-hydroxylation sites is 1. The molecule has 0 bridgehead atoms. The van der Waals surface area contributed by atoms with Crippen LogP contribution in [0.15, 0.2) is 87.2 Å². The molecule has 1 N–H and O–H groups in total. The van der Waals surface area contributed by atoms with Gasteiger partial charge in [-0.05, 0) is 36.4 Å². The van der Waals surface area contributed by atoms with Crippen molar-refractivity contribution in [3.8, 4) is 5.69 Å². The zero-order valence-corrected chi connectivity index (χ0v) is 14.9. The molecule has 7 nitrogen and oxygen atoms in total. The Morgan fingerprint density at radius 3 is 2.67 bits per heavy atom. The highest BCUT2D eigenvalue weighted by molar-refractivity contribution is 7.89. The van der Waals surface area contributed by atoms with E-state index < -0.39 is 15.6 Å². The van der Waals surface area contributed by atoms with Gasteiger partial charge in [0.25, 0.3) is 0 Å². The van der Waals surface area contributed by atoms with Crippen LogP contribution in [0.2, 0.25) is 0 Å². The molecule has 8 heteroatoms. The van der Waals surface area contributed by atoms with Gasteiger partial charge in [-0.2, -0.15) is 5.10 Å². The Hall–Kier alpha value is -3.23. The molecule has 4 aromatic rings. The van der Waals surface area contributed by atoms with Gasteiger partial charge in [0, 0.05) is 29.8 Å². The van der Waals surface area contributed by atoms with E-state index in [1.807, 2.05) is 30.3 Å². The van der Waals surface area contributed by atoms with Gasteiger partial charge in [0.15, 0.2) is 0 Å². The van der Waals surface area contributed by atoms with Gasteiger partial charge in [-0.1, -0.05) is 18.2 Å². The lowest BCUT2D eigenvalue weighted by molar-refractivity contribution is 0.560. The third-order valence-electron chi connectivity index (χ3n) is 4.02. The van der Waals surface area contributed by atoms with Crippen LogP contribution in [0.4, 0.5) is 0 Å². The van der Waals surface area contributed by atoms with Crippen LogP contribution in [0.3, 0.4) is 0 Å². The highest BCUT2D eigenvalue weighted by atomic mass is 32.2. The van der Waals surface area contributed by atoms with E-state index in [1.54, 1.807) is 17.1 Å². The summed E-state index contributed by atoms with van der Waals surface area (Å²) in [6.45, 7) is 0.108. The highest BCUT2D eigenvalue weighted by Gasteiger charge is 2.15. The SMILES string of the molecule is O=c1ccc2cc(S(=O)(=O)NCc3cnn(-c4ccccc4)c3)ccc2o1. The van der Waals surface area contributed by atoms with Crippen LogP contribution in [0.25, 0.3) is 16.7 Å². The fourth-order valence-electron chi connectivity index (χ4n) is 2.65. The average Bonchev–Trinajstić information content (AvgIpc) is 3.16. The summed E-state index contributed by atoms with van der Waals surface area (Å²) < 4.78 is 34.4. The summed E-state index contributed by atoms with van der Waals surface area (Å²) in [5.74, 6) is 0. The lowest BCUT2D eigenvalue weighted by Crippen LogP contribution is -2.23. The first-order chi connectivity index (χ1) is 13.0. The first kappa shape index (κ1) is 17.2. The van der Waals surface area contributed by atoms with Gasteiger partial charge in [-0.15, -0.1) is 0 Å². The van der Waals surface area contributed by atoms with Gasteiger partial charge in [-0.25, -0.2) is 22.6 Å². The molecule has 136 valence electrons. The van der Waals surface area contributed by atoms with Crippen molar-refractivity contribution in [1.29, 1.82) is 0 Å². The molecule has 27 heavy (non-hydrogen) atoms. The third-order valence-corrected chi connectivity index (χ3v) is 5.42. The number of hydrogen-bond donors (Lipinski definition) is 1. The van der Waals surface area contributed by atoms with Gasteiger partial charge in [-0.3, -0.25) is 0 Å². The predicted molar refractivity (Wildman–Crippen MR) is 100 cm³/mol. The third kappa shape index (κ3) is 3.67. The molecule has 4 rings (SSSR count). The summed E-state index contributed by atoms with van der Waals surface area (Å²) in [5.41, 5.74) is 1.48. The minimum Gasteiger partial charge on any atom is -0.423 e. The molecule has 0 radical (unpaired) electrons. The number of nitrogens with one attached hydrogen (secondary N) is 1. The fraction of sp³-hybridized carbons (Fsp3) is 0.0526. The molecule has 0 amide bonds. The summed E-state index contributed by atoms with van der Waals surface area (Å²) in [6.07, 6.45) is 3.39. The lowest BCUT2D eigenvalue weighted by Gasteiger charge is -2.06. The Kier molecular flexibility index (Phi) is 4.35. The average molecular weight is 381 g/mol. The number of sulfonamides is 1. The second-order valence-corrected chi connectivity index (χ2v) is 7.67. The summed E-state index contributed by atoms with van der Waals surface area (Å²) in [5, 5.41) is 4.79. The van der Waals surface area contributed by atoms with Crippen LogP contribution >= 0.6 is 0 Å². The molecule has 2 aromatic heterocycles. The van der Waals surface area contributed by atoms with E-state index in [0.29, 0.717) is 11.0 Å². The zero-order valence-electron chi connectivity index (χ0n) is 14.1. The molecule has 0 spiro atoms. The summed E-state index contributed by atoms with van der Waals surface area (Å²) in [7, 11) is -3.72. The van der Waals surface area contributed by atoms with Crippen molar-refractivity contribution < 1.29 is 12.8 Å². The molecule has 0 unspecified atom stereocenters. The fourth-order valence-corrected chi connectivity index (χ4v) is 3.70. The first-order valence-corrected chi connectivity index (χ1v) is 9.62. The standard InChI is InChI=1S/C19H15N3O4S/c23-19-9-6-15-10-17(7-8-18(15)26-19)27(24,25)21-12-14-11-20-22(13-14)16-4-2-1-3-5-16/h1-11,13,21H,12H2. The highest BCUT2D eigenvalue weighted by Crippen LogP contribution is 2.18. The molecule has 2 heterocycles. The van der Waals surface area contributed by atoms with Gasteiger partial charge >= 0.3 is 5.63 Å². The second-order valence-electron chi connectivity index (χ2n) is 5.91. The largest absolute Gasteiger partial charge is 0.423 e. The van der Waals surface area contributed by atoms with E-state index in [1.165, 1.54) is 30.3 Å². The Balaban J connectivity index is 1.53. The van der Waals surface area contributed by atoms with Gasteiger partial charge < -0.3 is 4.42 Å². The van der Waals surface area contributed by atoms with E-state index >= 15 is 0 Å². The molecule has 2 aromatic carbocycles. The van der Waals surface area contributed by atoms with Crippen molar-refractivity contribution in [2.45, 2.75) is 11.4 Å². The second kappa shape index (κ2) is 6.82. The molecule has 0 aliphatic rings. The number of rotatable bonds is 5. The van der Waals surface area contributed by atoms with Crippen molar-refractivity contribution in [1.82, 2.24) is 14.5 Å². The van der Waals surface area contributed by atoms with E-state index in [4.69, 9.17) is 4.42 Å². The maximum atomic E-state index is 12.6. The number of nitrogens with zero attached hydrogens (tertiary/aromatic N) is 2. The monoisotopic (exact) mass is 381 g/mol. The molecule has 0 aliphatic carbocycles. The predicted octanol–water partition coefficient (Wildman–Crippen LogP) is 2.46. The zero-order chi connectivity index (χ0) is 18.9. The van der Waals surface area contributed by atoms with Crippen LogP contribution in [0.1, 0.15) is 5.56 Å². The smallest absolute Gasteiger partial charge is 0.336 e. The molecular weight excluding hydrogens is 366 g/mol. The van der Waals surface area contributed by atoms with E-state index in [-0.39, 0.29) is 11.4 Å². The Labute approximate surface area is 154 Å². The molecule has 0 atom stereocenters. The first-order valence-electron chi connectivity index (χ1n) is 8.14. The van der Waals surface area contributed by atoms with E-state index in [0.717, 1.165) is 11.3 Å². The van der Waals surface area contributed by atoms with Crippen LogP contribution in [0.5, 0.6) is 0 Å². The van der Waals surface area contributed by atoms with Crippen molar-refractivity contribution in [3.05, 3.63) is 89.0 Å². The number of benzene rings is 2. The lowest BCUT2D eigenvalue weighted by atomic mass is 10.2. The molecule has 0 aliphatic heterocycles. The minimum atomic E-state index is -3.72. The molecule has 0 fully saturated rings. The maximum absolute atomic E-state index is 12.6. The van der Waals surface area contributed by atoms with Crippen LogP contribution < -0.4 is 10.3 Å². The summed E-state index contributed by atoms with van der Waals surface area (Å²) >= 11 is 0. The van der Waals surface area contributed by atoms with Gasteiger partial charge in [0.05, 0.1) is 16.8 Å². The van der Waals surface area contributed by atoms with Crippen molar-refractivity contribution in [2.75, 3.05) is 0 Å². The molecule has 0 saturated carbocycles. The number of fused-ring (bicyclic) bond motifs is 1. The maximum Gasteiger partial charge on any atom is 0.336 e. The Morgan fingerprint density at radius 2 is 1.85 bits per heavy atom. The summed E-state index contributed by atoms with van der Waals surface area (Å²) in [4.78, 5) is 11.3. The van der Waals surface area contributed by atoms with Gasteiger partial charge in [0.2, 0.25) is 10.0 Å². The van der Waals surface area contributed by atoms with Crippen LogP contribution in [-0.2, 0) is 16.6 Å². The Morgan fingerprint density at radius 1 is 1.04 bits per heavy atom. The van der Waals surface area contributed by atoms with Crippen molar-refractivity contribution in [3.63, 3.8) is 0 Å². The quantitative estimate of drug-likeness (QED) is 0.536. The van der Waals surface area contributed by atoms with Gasteiger partial charge in [0.1, 0.15) is 5.58 Å². The van der Waals surface area contributed by atoms with Crippen molar-refractivity contribution >= 4 is 21.0 Å². The summed E-state index contributed by atoms with van der Waals surface area (Å²) in [6, 6.07) is 16.7. The molecule has 0 saturated heterocycles. The topological polar surface area (TPSA) is 94.2 Å². The minimum absolute atomic E-state index is 0.0966. The number of aromatic nitrogens is 2. The van der Waals surface area contributed by atoms with E-state index in [9.17, 15) is 13.2 Å². The normalized spacial score (nSPS) is 11.7. The van der Waals surface area contributed by atoms with E-state index in [2.05, 4.69) is 9.82 Å². The molecular formula is C19H15N3O4S. The van der Waals surface area contributed by atoms with Crippen LogP contribution in [-0.4, -0.2) is 18.2 Å². The van der Waals surface area contributed by atoms with Crippen LogP contribution in [0, 0.1) is 0 Å². The Bertz CT molecular complexity index is 1260. The van der Waals surface area contributed by atoms with Crippen molar-refractivity contribution in [2.24, 2.45) is 0 Å².